The van der Waals surface area contributed by atoms with Gasteiger partial charge in [-0.25, -0.2) is 0 Å². The summed E-state index contributed by atoms with van der Waals surface area (Å²) >= 11 is 0. The van der Waals surface area contributed by atoms with E-state index in [9.17, 15) is 4.79 Å². The molecular weight excluding hydrogens is 366 g/mol. The van der Waals surface area contributed by atoms with Crippen molar-refractivity contribution >= 4 is 5.91 Å². The highest BCUT2D eigenvalue weighted by Crippen LogP contribution is 2.67. The molecule has 0 spiro atoms. The fourth-order valence-corrected chi connectivity index (χ4v) is 9.25. The molecule has 2 heteroatoms. The molecule has 0 bridgehead atoms. The molecule has 1 saturated heterocycles. The zero-order chi connectivity index (χ0) is 21.1. The minimum atomic E-state index is 0.348. The van der Waals surface area contributed by atoms with Crippen LogP contribution in [0.1, 0.15) is 77.7 Å². The third kappa shape index (κ3) is 3.00. The van der Waals surface area contributed by atoms with Gasteiger partial charge in [0.05, 0.1) is 0 Å². The number of piperidine rings is 1. The predicted molar refractivity (Wildman–Crippen MR) is 123 cm³/mol. The normalized spacial score (nSPS) is 44.2. The molecule has 4 aliphatic rings. The Hall–Kier alpha value is -1.31. The minimum Gasteiger partial charge on any atom is -0.342 e. The van der Waals surface area contributed by atoms with E-state index in [0.29, 0.717) is 22.8 Å². The first kappa shape index (κ1) is 20.6. The Bertz CT molecular complexity index is 789. The monoisotopic (exact) mass is 407 g/mol. The Labute approximate surface area is 183 Å². The second-order valence-corrected chi connectivity index (χ2v) is 11.9. The zero-order valence-electron chi connectivity index (χ0n) is 19.6. The standard InChI is InChI=1S/C28H41NO/c1-19(18-20-8-6-5-7-9-20)22-11-12-23-21-10-13-25-28(3,17-15-26(30)29(25)4)24(21)14-16-27(22,23)2/h5-9,19,21-25H,10-18H2,1-4H3/t19?,21-,22+,23-,24-,25?,27+,28+/m0/s1. The molecule has 5 rings (SSSR count). The van der Waals surface area contributed by atoms with Gasteiger partial charge in [-0.3, -0.25) is 4.79 Å². The van der Waals surface area contributed by atoms with Crippen LogP contribution < -0.4 is 0 Å². The van der Waals surface area contributed by atoms with Crippen LogP contribution in [0.5, 0.6) is 0 Å². The summed E-state index contributed by atoms with van der Waals surface area (Å²) in [6.45, 7) is 7.74. The third-order valence-corrected chi connectivity index (χ3v) is 10.7. The maximum absolute atomic E-state index is 12.4. The molecular formula is C28H41NO. The van der Waals surface area contributed by atoms with Crippen molar-refractivity contribution in [1.29, 1.82) is 0 Å². The second-order valence-electron chi connectivity index (χ2n) is 11.9. The number of carbonyl (C=O) groups excluding carboxylic acids is 1. The van der Waals surface area contributed by atoms with Gasteiger partial charge in [-0.05, 0) is 97.3 Å². The van der Waals surface area contributed by atoms with Crippen LogP contribution in [0.2, 0.25) is 0 Å². The van der Waals surface area contributed by atoms with E-state index in [1.54, 1.807) is 0 Å². The highest BCUT2D eigenvalue weighted by Gasteiger charge is 2.61. The van der Waals surface area contributed by atoms with Crippen LogP contribution >= 0.6 is 0 Å². The number of hydrogen-bond donors (Lipinski definition) is 0. The van der Waals surface area contributed by atoms with E-state index in [1.807, 2.05) is 0 Å². The van der Waals surface area contributed by atoms with Crippen molar-refractivity contribution < 1.29 is 4.79 Å². The molecule has 1 aromatic rings. The van der Waals surface area contributed by atoms with E-state index in [4.69, 9.17) is 0 Å². The van der Waals surface area contributed by atoms with E-state index in [2.05, 4.69) is 63.1 Å². The average Bonchev–Trinajstić information content (AvgIpc) is 3.09. The van der Waals surface area contributed by atoms with Crippen LogP contribution in [0.25, 0.3) is 0 Å². The number of likely N-dealkylation sites (tertiary alicyclic amines) is 1. The molecule has 4 fully saturated rings. The molecule has 1 amide bonds. The van der Waals surface area contributed by atoms with Gasteiger partial charge in [0.25, 0.3) is 0 Å². The van der Waals surface area contributed by atoms with Crippen LogP contribution in [-0.2, 0) is 11.2 Å². The molecule has 0 N–H and O–H groups in total. The maximum Gasteiger partial charge on any atom is 0.222 e. The summed E-state index contributed by atoms with van der Waals surface area (Å²) in [5.74, 6) is 4.63. The summed E-state index contributed by atoms with van der Waals surface area (Å²) in [4.78, 5) is 14.5. The Kier molecular flexibility index (Phi) is 5.07. The van der Waals surface area contributed by atoms with E-state index in [1.165, 1.54) is 50.5 Å². The quantitative estimate of drug-likeness (QED) is 0.572. The molecule has 164 valence electrons. The van der Waals surface area contributed by atoms with Crippen LogP contribution in [0.15, 0.2) is 30.3 Å². The number of amides is 1. The molecule has 3 saturated carbocycles. The molecule has 8 atom stereocenters. The summed E-state index contributed by atoms with van der Waals surface area (Å²) in [6, 6.07) is 11.6. The molecule has 2 nitrogen and oxygen atoms in total. The highest BCUT2D eigenvalue weighted by molar-refractivity contribution is 5.77. The summed E-state index contributed by atoms with van der Waals surface area (Å²) in [5.41, 5.74) is 2.38. The SMILES string of the molecule is CC(Cc1ccccc1)[C@H]1CC[C@H]2[C@@H]3CCC4N(C)C(=O)CC[C@]4(C)[C@H]3CC[C@]12C. The van der Waals surface area contributed by atoms with E-state index < -0.39 is 0 Å². The van der Waals surface area contributed by atoms with Crippen molar-refractivity contribution in [2.24, 2.45) is 40.4 Å². The number of fused-ring (bicyclic) bond motifs is 5. The summed E-state index contributed by atoms with van der Waals surface area (Å²) in [6.07, 6.45) is 11.4. The van der Waals surface area contributed by atoms with Gasteiger partial charge in [0, 0.05) is 19.5 Å². The first-order chi connectivity index (χ1) is 14.3. The fourth-order valence-electron chi connectivity index (χ4n) is 9.25. The van der Waals surface area contributed by atoms with Crippen molar-refractivity contribution in [1.82, 2.24) is 4.90 Å². The number of hydrogen-bond acceptors (Lipinski definition) is 1. The van der Waals surface area contributed by atoms with Crippen molar-refractivity contribution in [3.63, 3.8) is 0 Å². The van der Waals surface area contributed by atoms with Crippen molar-refractivity contribution in [2.75, 3.05) is 7.05 Å². The number of rotatable bonds is 3. The van der Waals surface area contributed by atoms with Crippen molar-refractivity contribution in [3.05, 3.63) is 35.9 Å². The van der Waals surface area contributed by atoms with E-state index in [0.717, 1.165) is 42.4 Å². The lowest BCUT2D eigenvalue weighted by molar-refractivity contribution is -0.158. The molecule has 3 aliphatic carbocycles. The predicted octanol–water partition coefficient (Wildman–Crippen LogP) is 6.34. The van der Waals surface area contributed by atoms with Gasteiger partial charge in [0.1, 0.15) is 0 Å². The van der Waals surface area contributed by atoms with Crippen LogP contribution in [0.3, 0.4) is 0 Å². The summed E-state index contributed by atoms with van der Waals surface area (Å²) in [5, 5.41) is 0. The van der Waals surface area contributed by atoms with Gasteiger partial charge in [-0.2, -0.15) is 0 Å². The smallest absolute Gasteiger partial charge is 0.222 e. The van der Waals surface area contributed by atoms with Gasteiger partial charge in [-0.1, -0.05) is 51.1 Å². The van der Waals surface area contributed by atoms with E-state index >= 15 is 0 Å². The lowest BCUT2D eigenvalue weighted by atomic mass is 9.46. The molecule has 0 radical (unpaired) electrons. The number of nitrogens with zero attached hydrogens (tertiary/aromatic N) is 1. The molecule has 0 aromatic heterocycles. The number of carbonyl (C=O) groups is 1. The summed E-state index contributed by atoms with van der Waals surface area (Å²) < 4.78 is 0. The Morgan fingerprint density at radius 1 is 0.967 bits per heavy atom. The first-order valence-electron chi connectivity index (χ1n) is 12.6. The fraction of sp³-hybridized carbons (Fsp3) is 0.750. The van der Waals surface area contributed by atoms with Gasteiger partial charge >= 0.3 is 0 Å². The van der Waals surface area contributed by atoms with E-state index in [-0.39, 0.29) is 0 Å². The Morgan fingerprint density at radius 2 is 1.70 bits per heavy atom. The Balaban J connectivity index is 1.36. The molecule has 1 aliphatic heterocycles. The average molecular weight is 408 g/mol. The lowest BCUT2D eigenvalue weighted by Crippen LogP contribution is -2.61. The molecule has 1 heterocycles. The maximum atomic E-state index is 12.4. The van der Waals surface area contributed by atoms with Gasteiger partial charge < -0.3 is 4.90 Å². The largest absolute Gasteiger partial charge is 0.342 e. The lowest BCUT2D eigenvalue weighted by Gasteiger charge is -2.62. The van der Waals surface area contributed by atoms with Crippen LogP contribution in [0.4, 0.5) is 0 Å². The van der Waals surface area contributed by atoms with Gasteiger partial charge in [0.2, 0.25) is 5.91 Å². The molecule has 2 unspecified atom stereocenters. The van der Waals surface area contributed by atoms with Crippen LogP contribution in [-0.4, -0.2) is 23.9 Å². The molecule has 30 heavy (non-hydrogen) atoms. The summed E-state index contributed by atoms with van der Waals surface area (Å²) in [7, 11) is 2.08. The van der Waals surface area contributed by atoms with Gasteiger partial charge in [-0.15, -0.1) is 0 Å². The van der Waals surface area contributed by atoms with Crippen molar-refractivity contribution in [3.8, 4) is 0 Å². The minimum absolute atomic E-state index is 0.348. The second kappa shape index (κ2) is 7.38. The molecule has 1 aromatic carbocycles. The van der Waals surface area contributed by atoms with Crippen molar-refractivity contribution in [2.45, 2.75) is 84.6 Å². The third-order valence-electron chi connectivity index (χ3n) is 10.7. The zero-order valence-corrected chi connectivity index (χ0v) is 19.6. The number of benzene rings is 1. The van der Waals surface area contributed by atoms with Crippen LogP contribution in [0, 0.1) is 40.4 Å². The topological polar surface area (TPSA) is 20.3 Å². The highest BCUT2D eigenvalue weighted by atomic mass is 16.2. The Morgan fingerprint density at radius 3 is 2.47 bits per heavy atom. The van der Waals surface area contributed by atoms with Gasteiger partial charge in [0.15, 0.2) is 0 Å². The first-order valence-corrected chi connectivity index (χ1v) is 12.6.